The lowest BCUT2D eigenvalue weighted by molar-refractivity contribution is 0.265. The normalized spacial score (nSPS) is 19.0. The number of nitrogens with two attached hydrogens (primary N) is 1. The second kappa shape index (κ2) is 8.19. The van der Waals surface area contributed by atoms with Crippen molar-refractivity contribution in [1.29, 1.82) is 0 Å². The SMILES string of the molecule is CCc1[nH]c2nc(Sc3cnc4nccnc4c3)nc(N3C[C@H](N)C[C@@H]3CO)c2c1Cl. The number of aromatic nitrogens is 6. The summed E-state index contributed by atoms with van der Waals surface area (Å²) in [7, 11) is 0. The molecule has 1 fully saturated rings. The molecule has 2 atom stereocenters. The number of halogens is 1. The third-order valence-electron chi connectivity index (χ3n) is 5.41. The lowest BCUT2D eigenvalue weighted by Crippen LogP contribution is -2.33. The van der Waals surface area contributed by atoms with E-state index in [4.69, 9.17) is 27.3 Å². The lowest BCUT2D eigenvalue weighted by atomic mass is 10.2. The number of anilines is 1. The monoisotopic (exact) mass is 456 g/mol. The molecule has 160 valence electrons. The summed E-state index contributed by atoms with van der Waals surface area (Å²) < 4.78 is 0. The summed E-state index contributed by atoms with van der Waals surface area (Å²) in [5.41, 5.74) is 9.06. The minimum absolute atomic E-state index is 0.00237. The Hall–Kier alpha value is -2.53. The van der Waals surface area contributed by atoms with Gasteiger partial charge < -0.3 is 20.7 Å². The number of rotatable bonds is 5. The van der Waals surface area contributed by atoms with E-state index in [0.29, 0.717) is 45.8 Å². The van der Waals surface area contributed by atoms with Crippen molar-refractivity contribution in [3.8, 4) is 0 Å². The summed E-state index contributed by atoms with van der Waals surface area (Å²) in [6.07, 6.45) is 6.42. The molecular weight excluding hydrogens is 436 g/mol. The van der Waals surface area contributed by atoms with E-state index in [1.807, 2.05) is 17.9 Å². The van der Waals surface area contributed by atoms with E-state index >= 15 is 0 Å². The number of hydrogen-bond acceptors (Lipinski definition) is 9. The molecule has 4 aromatic rings. The van der Waals surface area contributed by atoms with Crippen molar-refractivity contribution in [3.63, 3.8) is 0 Å². The van der Waals surface area contributed by atoms with Crippen molar-refractivity contribution >= 4 is 51.4 Å². The maximum Gasteiger partial charge on any atom is 0.196 e. The minimum Gasteiger partial charge on any atom is -0.394 e. The number of hydrogen-bond donors (Lipinski definition) is 3. The average molecular weight is 457 g/mol. The van der Waals surface area contributed by atoms with Gasteiger partial charge in [-0.15, -0.1) is 0 Å². The van der Waals surface area contributed by atoms with E-state index in [2.05, 4.69) is 19.9 Å². The van der Waals surface area contributed by atoms with Crippen LogP contribution in [0.3, 0.4) is 0 Å². The van der Waals surface area contributed by atoms with Crippen molar-refractivity contribution in [2.45, 2.75) is 41.9 Å². The highest BCUT2D eigenvalue weighted by Crippen LogP contribution is 2.38. The van der Waals surface area contributed by atoms with Crippen LogP contribution in [0.4, 0.5) is 5.82 Å². The van der Waals surface area contributed by atoms with E-state index in [-0.39, 0.29) is 18.7 Å². The van der Waals surface area contributed by atoms with Gasteiger partial charge in [-0.1, -0.05) is 18.5 Å². The Kier molecular flexibility index (Phi) is 5.39. The van der Waals surface area contributed by atoms with Crippen LogP contribution < -0.4 is 10.6 Å². The maximum absolute atomic E-state index is 9.91. The predicted molar refractivity (Wildman–Crippen MR) is 121 cm³/mol. The van der Waals surface area contributed by atoms with Crippen molar-refractivity contribution in [3.05, 3.63) is 35.4 Å². The molecule has 9 nitrogen and oxygen atoms in total. The lowest BCUT2D eigenvalue weighted by Gasteiger charge is -2.25. The van der Waals surface area contributed by atoms with Gasteiger partial charge in [0.15, 0.2) is 10.8 Å². The van der Waals surface area contributed by atoms with Crippen LogP contribution in [0.2, 0.25) is 5.02 Å². The van der Waals surface area contributed by atoms with E-state index in [1.165, 1.54) is 11.8 Å². The zero-order valence-corrected chi connectivity index (χ0v) is 18.4. The van der Waals surface area contributed by atoms with Gasteiger partial charge in [0, 0.05) is 41.8 Å². The van der Waals surface area contributed by atoms with Crippen LogP contribution in [0.15, 0.2) is 34.7 Å². The van der Waals surface area contributed by atoms with Crippen molar-refractivity contribution in [2.75, 3.05) is 18.1 Å². The Morgan fingerprint density at radius 3 is 2.94 bits per heavy atom. The number of pyridine rings is 1. The molecule has 0 spiro atoms. The van der Waals surface area contributed by atoms with E-state index in [0.717, 1.165) is 22.4 Å². The zero-order valence-electron chi connectivity index (χ0n) is 16.8. The molecule has 5 heterocycles. The van der Waals surface area contributed by atoms with Crippen LogP contribution in [-0.2, 0) is 6.42 Å². The third-order valence-corrected chi connectivity index (χ3v) is 6.66. The summed E-state index contributed by atoms with van der Waals surface area (Å²) in [5.74, 6) is 0.689. The Labute approximate surface area is 187 Å². The molecule has 0 bridgehead atoms. The Balaban J connectivity index is 1.61. The fourth-order valence-electron chi connectivity index (χ4n) is 3.95. The number of nitrogens with zero attached hydrogens (tertiary/aromatic N) is 6. The van der Waals surface area contributed by atoms with E-state index in [9.17, 15) is 5.11 Å². The summed E-state index contributed by atoms with van der Waals surface area (Å²) in [6.45, 7) is 2.62. The highest BCUT2D eigenvalue weighted by atomic mass is 35.5. The van der Waals surface area contributed by atoms with Gasteiger partial charge in [0.25, 0.3) is 0 Å². The first-order valence-corrected chi connectivity index (χ1v) is 11.2. The molecule has 0 saturated carbocycles. The quantitative estimate of drug-likeness (QED) is 0.388. The first-order chi connectivity index (χ1) is 15.1. The molecule has 4 aromatic heterocycles. The predicted octanol–water partition coefficient (Wildman–Crippen LogP) is 2.56. The number of aliphatic hydroxyl groups excluding tert-OH is 1. The van der Waals surface area contributed by atoms with Crippen molar-refractivity contribution in [1.82, 2.24) is 29.9 Å². The van der Waals surface area contributed by atoms with E-state index < -0.39 is 0 Å². The van der Waals surface area contributed by atoms with Gasteiger partial charge in [-0.25, -0.2) is 19.9 Å². The molecule has 1 aliphatic heterocycles. The first-order valence-electron chi connectivity index (χ1n) is 10.0. The number of fused-ring (bicyclic) bond motifs is 2. The molecule has 1 saturated heterocycles. The molecule has 5 rings (SSSR count). The van der Waals surface area contributed by atoms with Gasteiger partial charge in [-0.05, 0) is 30.7 Å². The van der Waals surface area contributed by atoms with Gasteiger partial charge >= 0.3 is 0 Å². The topological polar surface area (TPSA) is 130 Å². The molecule has 11 heteroatoms. The van der Waals surface area contributed by atoms with Crippen molar-refractivity contribution in [2.24, 2.45) is 5.73 Å². The third kappa shape index (κ3) is 3.69. The van der Waals surface area contributed by atoms with Crippen LogP contribution in [-0.4, -0.2) is 60.2 Å². The molecule has 31 heavy (non-hydrogen) atoms. The second-order valence-electron chi connectivity index (χ2n) is 7.48. The molecule has 1 aliphatic rings. The highest BCUT2D eigenvalue weighted by molar-refractivity contribution is 7.99. The van der Waals surface area contributed by atoms with Crippen molar-refractivity contribution < 1.29 is 5.11 Å². The summed E-state index contributed by atoms with van der Waals surface area (Å²) in [5, 5.41) is 11.8. The molecule has 0 amide bonds. The standard InChI is InChI=1S/C20H21ClN8OS/c1-2-13-16(21)15-18(26-13)27-20(28-19(15)29-8-10(22)5-11(29)9-30)31-12-6-14-17(25-7-12)24-4-3-23-14/h3-4,6-7,10-11,30H,2,5,8-9,22H2,1H3,(H,26,27,28)/t10-,11-/m1/s1. The first kappa shape index (κ1) is 20.4. The molecular formula is C20H21ClN8OS. The minimum atomic E-state index is -0.111. The Bertz CT molecular complexity index is 1260. The van der Waals surface area contributed by atoms with Crippen LogP contribution in [0.25, 0.3) is 22.2 Å². The summed E-state index contributed by atoms with van der Waals surface area (Å²) in [4.78, 5) is 28.7. The van der Waals surface area contributed by atoms with Gasteiger partial charge in [0.2, 0.25) is 0 Å². The Morgan fingerprint density at radius 2 is 2.13 bits per heavy atom. The number of aromatic amines is 1. The smallest absolute Gasteiger partial charge is 0.196 e. The molecule has 0 unspecified atom stereocenters. The number of H-pyrrole nitrogens is 1. The number of aliphatic hydroxyl groups is 1. The highest BCUT2D eigenvalue weighted by Gasteiger charge is 2.33. The van der Waals surface area contributed by atoms with Crippen LogP contribution >= 0.6 is 23.4 Å². The zero-order chi connectivity index (χ0) is 21.5. The van der Waals surface area contributed by atoms with Crippen LogP contribution in [0, 0.1) is 0 Å². The van der Waals surface area contributed by atoms with E-state index in [1.54, 1.807) is 18.6 Å². The summed E-state index contributed by atoms with van der Waals surface area (Å²) in [6, 6.07) is 1.76. The fraction of sp³-hybridized carbons (Fsp3) is 0.350. The molecule has 0 aliphatic carbocycles. The number of nitrogens with one attached hydrogen (secondary N) is 1. The number of aryl methyl sites for hydroxylation is 1. The molecule has 0 radical (unpaired) electrons. The maximum atomic E-state index is 9.91. The summed E-state index contributed by atoms with van der Waals surface area (Å²) >= 11 is 8.07. The molecule has 0 aromatic carbocycles. The largest absolute Gasteiger partial charge is 0.394 e. The fourth-order valence-corrected chi connectivity index (χ4v) is 5.06. The Morgan fingerprint density at radius 1 is 1.29 bits per heavy atom. The van der Waals surface area contributed by atoms with Gasteiger partial charge in [0.05, 0.1) is 23.1 Å². The van der Waals surface area contributed by atoms with Gasteiger partial charge in [0.1, 0.15) is 17.0 Å². The van der Waals surface area contributed by atoms with Gasteiger partial charge in [-0.3, -0.25) is 4.98 Å². The van der Waals surface area contributed by atoms with Gasteiger partial charge in [-0.2, -0.15) is 0 Å². The molecule has 4 N–H and O–H groups in total. The van der Waals surface area contributed by atoms with Crippen LogP contribution in [0.5, 0.6) is 0 Å². The van der Waals surface area contributed by atoms with Crippen LogP contribution in [0.1, 0.15) is 19.0 Å². The second-order valence-corrected chi connectivity index (χ2v) is 8.90. The average Bonchev–Trinajstić information content (AvgIpc) is 3.32.